The molecule has 0 bridgehead atoms. The molecule has 0 atom stereocenters. The fourth-order valence-corrected chi connectivity index (χ4v) is 0.458. The van der Waals surface area contributed by atoms with E-state index in [0.717, 1.165) is 5.76 Å². The average molecular weight is 168 g/mol. The molecule has 0 fully saturated rings. The van der Waals surface area contributed by atoms with Crippen LogP contribution in [0, 0.1) is 0 Å². The lowest BCUT2D eigenvalue weighted by Crippen LogP contribution is -1.85. The summed E-state index contributed by atoms with van der Waals surface area (Å²) in [5.74, 6) is 0.771. The van der Waals surface area contributed by atoms with Gasteiger partial charge in [0.1, 0.15) is 5.76 Å². The van der Waals surface area contributed by atoms with Gasteiger partial charge in [-0.1, -0.05) is 39.5 Å². The molecule has 0 amide bonds. The minimum absolute atomic E-state index is 0.672. The molecule has 0 aromatic carbocycles. The summed E-state index contributed by atoms with van der Waals surface area (Å²) >= 11 is 0. The van der Waals surface area contributed by atoms with Crippen LogP contribution in [0.15, 0.2) is 37.1 Å². The molecular formula is C11H20O. The van der Waals surface area contributed by atoms with Crippen LogP contribution in [0.2, 0.25) is 0 Å². The van der Waals surface area contributed by atoms with Crippen molar-refractivity contribution in [1.82, 2.24) is 0 Å². The second kappa shape index (κ2) is 12.7. The summed E-state index contributed by atoms with van der Waals surface area (Å²) in [6.45, 7) is 13.9. The van der Waals surface area contributed by atoms with Gasteiger partial charge in [0, 0.05) is 0 Å². The Labute approximate surface area is 76.4 Å². The van der Waals surface area contributed by atoms with Crippen LogP contribution in [0.4, 0.5) is 0 Å². The third-order valence-electron chi connectivity index (χ3n) is 0.794. The standard InChI is InChI=1S/C8H12O.C3H8/c1-4-7-8(5-2)9-6-3;1-3-2/h4-5,7H,1-2,6H2,3H3;3H2,1-2H3/b8-7+;. The van der Waals surface area contributed by atoms with Gasteiger partial charge in [0.15, 0.2) is 0 Å². The van der Waals surface area contributed by atoms with Crippen molar-refractivity contribution in [1.29, 1.82) is 0 Å². The Bertz CT molecular complexity index is 134. The fraction of sp³-hybridized carbons (Fsp3) is 0.455. The lowest BCUT2D eigenvalue weighted by molar-refractivity contribution is 0.243. The topological polar surface area (TPSA) is 9.23 Å². The molecule has 0 radical (unpaired) electrons. The lowest BCUT2D eigenvalue weighted by atomic mass is 10.4. The van der Waals surface area contributed by atoms with Crippen LogP contribution < -0.4 is 0 Å². The van der Waals surface area contributed by atoms with Gasteiger partial charge in [-0.15, -0.1) is 0 Å². The molecule has 0 aliphatic rings. The molecule has 0 saturated heterocycles. The Morgan fingerprint density at radius 2 is 1.75 bits per heavy atom. The van der Waals surface area contributed by atoms with E-state index in [2.05, 4.69) is 27.0 Å². The van der Waals surface area contributed by atoms with Crippen molar-refractivity contribution in [3.8, 4) is 0 Å². The quantitative estimate of drug-likeness (QED) is 0.459. The second-order valence-electron chi connectivity index (χ2n) is 2.15. The van der Waals surface area contributed by atoms with Crippen molar-refractivity contribution in [2.24, 2.45) is 0 Å². The SMILES string of the molecule is C=C/C=C(\C=C)OCC.CCC. The highest BCUT2D eigenvalue weighted by Crippen LogP contribution is 1.96. The lowest BCUT2D eigenvalue weighted by Gasteiger charge is -1.99. The maximum atomic E-state index is 5.10. The van der Waals surface area contributed by atoms with E-state index < -0.39 is 0 Å². The van der Waals surface area contributed by atoms with Crippen molar-refractivity contribution in [3.63, 3.8) is 0 Å². The van der Waals surface area contributed by atoms with E-state index in [9.17, 15) is 0 Å². The molecule has 0 rings (SSSR count). The summed E-state index contributed by atoms with van der Waals surface area (Å²) in [4.78, 5) is 0. The molecule has 0 saturated carbocycles. The van der Waals surface area contributed by atoms with E-state index in [1.54, 1.807) is 18.2 Å². The monoisotopic (exact) mass is 168 g/mol. The summed E-state index contributed by atoms with van der Waals surface area (Å²) in [7, 11) is 0. The van der Waals surface area contributed by atoms with E-state index in [1.807, 2.05) is 6.92 Å². The van der Waals surface area contributed by atoms with E-state index in [4.69, 9.17) is 4.74 Å². The molecule has 0 N–H and O–H groups in total. The highest BCUT2D eigenvalue weighted by atomic mass is 16.5. The molecule has 0 aromatic rings. The first-order valence-corrected chi connectivity index (χ1v) is 4.34. The van der Waals surface area contributed by atoms with Crippen LogP contribution in [0.1, 0.15) is 27.2 Å². The zero-order chi connectivity index (χ0) is 9.82. The van der Waals surface area contributed by atoms with Crippen LogP contribution in [0.25, 0.3) is 0 Å². The van der Waals surface area contributed by atoms with Gasteiger partial charge < -0.3 is 4.74 Å². The number of hydrogen-bond donors (Lipinski definition) is 0. The minimum atomic E-state index is 0.672. The van der Waals surface area contributed by atoms with Crippen molar-refractivity contribution < 1.29 is 4.74 Å². The predicted molar refractivity (Wildman–Crippen MR) is 56.1 cm³/mol. The van der Waals surface area contributed by atoms with Gasteiger partial charge in [-0.05, 0) is 19.1 Å². The Balaban J connectivity index is 0. The third-order valence-corrected chi connectivity index (χ3v) is 0.794. The number of ether oxygens (including phenoxy) is 1. The smallest absolute Gasteiger partial charge is 0.118 e. The zero-order valence-electron chi connectivity index (χ0n) is 8.47. The molecule has 1 heteroatoms. The Morgan fingerprint density at radius 1 is 1.25 bits per heavy atom. The summed E-state index contributed by atoms with van der Waals surface area (Å²) in [5, 5.41) is 0. The highest BCUT2D eigenvalue weighted by molar-refractivity contribution is 5.14. The van der Waals surface area contributed by atoms with E-state index in [1.165, 1.54) is 6.42 Å². The Kier molecular flexibility index (Phi) is 14.4. The van der Waals surface area contributed by atoms with Crippen LogP contribution in [-0.4, -0.2) is 6.61 Å². The largest absolute Gasteiger partial charge is 0.494 e. The molecular weight excluding hydrogens is 148 g/mol. The van der Waals surface area contributed by atoms with E-state index in [-0.39, 0.29) is 0 Å². The van der Waals surface area contributed by atoms with Crippen molar-refractivity contribution >= 4 is 0 Å². The third kappa shape index (κ3) is 11.8. The second-order valence-corrected chi connectivity index (χ2v) is 2.15. The first kappa shape index (κ1) is 13.6. The van der Waals surface area contributed by atoms with Gasteiger partial charge in [0.2, 0.25) is 0 Å². The van der Waals surface area contributed by atoms with Crippen LogP contribution in [0.3, 0.4) is 0 Å². The van der Waals surface area contributed by atoms with Crippen LogP contribution >= 0.6 is 0 Å². The van der Waals surface area contributed by atoms with E-state index >= 15 is 0 Å². The van der Waals surface area contributed by atoms with Crippen LogP contribution in [-0.2, 0) is 4.74 Å². The molecule has 0 unspecified atom stereocenters. The molecule has 70 valence electrons. The molecule has 0 aromatic heterocycles. The Morgan fingerprint density at radius 3 is 2.00 bits per heavy atom. The zero-order valence-corrected chi connectivity index (χ0v) is 8.47. The van der Waals surface area contributed by atoms with Gasteiger partial charge in [0.05, 0.1) is 6.61 Å². The maximum Gasteiger partial charge on any atom is 0.118 e. The summed E-state index contributed by atoms with van der Waals surface area (Å²) in [6.07, 6.45) is 6.36. The molecule has 12 heavy (non-hydrogen) atoms. The molecule has 0 aliphatic heterocycles. The van der Waals surface area contributed by atoms with Crippen LogP contribution in [0.5, 0.6) is 0 Å². The highest BCUT2D eigenvalue weighted by Gasteiger charge is 1.83. The summed E-state index contributed by atoms with van der Waals surface area (Å²) in [5.41, 5.74) is 0. The van der Waals surface area contributed by atoms with Gasteiger partial charge in [0.25, 0.3) is 0 Å². The normalized spacial score (nSPS) is 9.42. The van der Waals surface area contributed by atoms with Crippen molar-refractivity contribution in [2.75, 3.05) is 6.61 Å². The number of hydrogen-bond acceptors (Lipinski definition) is 1. The number of allylic oxidation sites excluding steroid dienone is 3. The molecule has 0 heterocycles. The van der Waals surface area contributed by atoms with Gasteiger partial charge in [-0.2, -0.15) is 0 Å². The molecule has 0 spiro atoms. The van der Waals surface area contributed by atoms with E-state index in [0.29, 0.717) is 6.61 Å². The van der Waals surface area contributed by atoms with Crippen molar-refractivity contribution in [3.05, 3.63) is 37.1 Å². The molecule has 1 nitrogen and oxygen atoms in total. The summed E-state index contributed by atoms with van der Waals surface area (Å²) in [6, 6.07) is 0. The van der Waals surface area contributed by atoms with Gasteiger partial charge in [-0.3, -0.25) is 0 Å². The van der Waals surface area contributed by atoms with Gasteiger partial charge >= 0.3 is 0 Å². The Hall–Kier alpha value is -0.980. The first-order valence-electron chi connectivity index (χ1n) is 4.34. The maximum absolute atomic E-state index is 5.10. The first-order chi connectivity index (χ1) is 5.76. The van der Waals surface area contributed by atoms with Gasteiger partial charge in [-0.25, -0.2) is 0 Å². The minimum Gasteiger partial charge on any atom is -0.494 e. The molecule has 0 aliphatic carbocycles. The predicted octanol–water partition coefficient (Wildman–Crippen LogP) is 3.70. The average Bonchev–Trinajstić information content (AvgIpc) is 2.05. The summed E-state index contributed by atoms with van der Waals surface area (Å²) < 4.78 is 5.10. The fourth-order valence-electron chi connectivity index (χ4n) is 0.458. The van der Waals surface area contributed by atoms with Crippen molar-refractivity contribution in [2.45, 2.75) is 27.2 Å². The number of rotatable bonds is 4.